The maximum absolute atomic E-state index is 13.6. The Morgan fingerprint density at radius 2 is 1.81 bits per heavy atom. The van der Waals surface area contributed by atoms with Crippen LogP contribution in [0.2, 0.25) is 0 Å². The highest BCUT2D eigenvalue weighted by molar-refractivity contribution is 7.98. The molecular formula is C28H37N3O4S. The molecule has 36 heavy (non-hydrogen) atoms. The quantitative estimate of drug-likeness (QED) is 0.453. The van der Waals surface area contributed by atoms with Crippen molar-refractivity contribution in [3.63, 3.8) is 0 Å². The van der Waals surface area contributed by atoms with Crippen molar-refractivity contribution in [1.29, 1.82) is 0 Å². The molecule has 2 atom stereocenters. The lowest BCUT2D eigenvalue weighted by atomic mass is 10.0. The fourth-order valence-electron chi connectivity index (χ4n) is 3.60. The third-order valence-corrected chi connectivity index (χ3v) is 6.00. The molecule has 2 aromatic rings. The highest BCUT2D eigenvalue weighted by atomic mass is 32.2. The van der Waals surface area contributed by atoms with Crippen molar-refractivity contribution in [3.05, 3.63) is 77.9 Å². The molecule has 0 saturated heterocycles. The molecule has 0 aliphatic carbocycles. The van der Waals surface area contributed by atoms with Gasteiger partial charge in [0.1, 0.15) is 17.7 Å². The lowest BCUT2D eigenvalue weighted by Gasteiger charge is -2.31. The molecule has 0 heterocycles. The van der Waals surface area contributed by atoms with Crippen molar-refractivity contribution in [2.24, 2.45) is 0 Å². The van der Waals surface area contributed by atoms with Crippen LogP contribution < -0.4 is 10.6 Å². The fourth-order valence-corrected chi connectivity index (χ4v) is 4.08. The second kappa shape index (κ2) is 13.7. The zero-order chi connectivity index (χ0) is 26.7. The Bertz CT molecular complexity index is 1040. The lowest BCUT2D eigenvalue weighted by molar-refractivity contribution is -0.140. The maximum Gasteiger partial charge on any atom is 0.408 e. The summed E-state index contributed by atoms with van der Waals surface area (Å²) in [7, 11) is 1.58. The number of carbonyl (C=O) groups excluding carboxylic acids is 3. The van der Waals surface area contributed by atoms with E-state index in [0.29, 0.717) is 24.3 Å². The first-order valence-electron chi connectivity index (χ1n) is 11.8. The Morgan fingerprint density at radius 3 is 2.42 bits per heavy atom. The van der Waals surface area contributed by atoms with Gasteiger partial charge in [-0.1, -0.05) is 61.2 Å². The molecule has 0 fully saturated rings. The maximum atomic E-state index is 13.6. The topological polar surface area (TPSA) is 87.7 Å². The molecule has 2 unspecified atom stereocenters. The number of ether oxygens (including phenoxy) is 1. The molecule has 8 heteroatoms. The van der Waals surface area contributed by atoms with Gasteiger partial charge in [0.25, 0.3) is 0 Å². The van der Waals surface area contributed by atoms with Crippen LogP contribution in [-0.4, -0.2) is 53.5 Å². The van der Waals surface area contributed by atoms with Crippen LogP contribution in [0.25, 0.3) is 6.08 Å². The standard InChI is InChI=1S/C28H37N3O4S/c1-7-20-14-11-15-22(18-20)24(25(32)29-19-21-12-9-8-10-13-21)31(5)26(33)23(16-17-36-6)30-27(34)35-28(2,3)4/h7-15,18,23-24H,1,16-17,19H2,2-6H3,(H,29,32)(H,30,34). The summed E-state index contributed by atoms with van der Waals surface area (Å²) in [4.78, 5) is 41.0. The Morgan fingerprint density at radius 1 is 1.11 bits per heavy atom. The van der Waals surface area contributed by atoms with Crippen LogP contribution in [-0.2, 0) is 20.9 Å². The van der Waals surface area contributed by atoms with Crippen molar-refractivity contribution < 1.29 is 19.1 Å². The third kappa shape index (κ3) is 9.07. The van der Waals surface area contributed by atoms with Crippen LogP contribution in [0.4, 0.5) is 4.79 Å². The summed E-state index contributed by atoms with van der Waals surface area (Å²) >= 11 is 1.57. The Labute approximate surface area is 218 Å². The van der Waals surface area contributed by atoms with Gasteiger partial charge in [-0.2, -0.15) is 11.8 Å². The van der Waals surface area contributed by atoms with Gasteiger partial charge in [0.15, 0.2) is 0 Å². The number of hydrogen-bond acceptors (Lipinski definition) is 5. The molecule has 194 valence electrons. The van der Waals surface area contributed by atoms with E-state index in [9.17, 15) is 14.4 Å². The molecule has 7 nitrogen and oxygen atoms in total. The van der Waals surface area contributed by atoms with Crippen LogP contribution in [0, 0.1) is 0 Å². The van der Waals surface area contributed by atoms with E-state index in [-0.39, 0.29) is 11.8 Å². The summed E-state index contributed by atoms with van der Waals surface area (Å²) < 4.78 is 5.37. The highest BCUT2D eigenvalue weighted by Crippen LogP contribution is 2.23. The van der Waals surface area contributed by atoms with Crippen molar-refractivity contribution in [3.8, 4) is 0 Å². The number of amides is 3. The van der Waals surface area contributed by atoms with Crippen molar-refractivity contribution in [2.45, 2.75) is 51.4 Å². The lowest BCUT2D eigenvalue weighted by Crippen LogP contribution is -2.51. The minimum Gasteiger partial charge on any atom is -0.444 e. The van der Waals surface area contributed by atoms with Gasteiger partial charge in [0.2, 0.25) is 11.8 Å². The van der Waals surface area contributed by atoms with Gasteiger partial charge < -0.3 is 20.3 Å². The second-order valence-electron chi connectivity index (χ2n) is 9.41. The number of nitrogens with one attached hydrogen (secondary N) is 2. The van der Waals surface area contributed by atoms with E-state index >= 15 is 0 Å². The van der Waals surface area contributed by atoms with E-state index in [1.54, 1.807) is 45.7 Å². The van der Waals surface area contributed by atoms with Gasteiger partial charge in [-0.25, -0.2) is 4.79 Å². The van der Waals surface area contributed by atoms with Crippen LogP contribution in [0.1, 0.15) is 49.9 Å². The van der Waals surface area contributed by atoms with Crippen LogP contribution in [0.5, 0.6) is 0 Å². The number of thioether (sulfide) groups is 1. The van der Waals surface area contributed by atoms with E-state index in [4.69, 9.17) is 4.74 Å². The fraction of sp³-hybridized carbons (Fsp3) is 0.393. The van der Waals surface area contributed by atoms with Gasteiger partial charge in [0.05, 0.1) is 0 Å². The average molecular weight is 512 g/mol. The van der Waals surface area contributed by atoms with E-state index in [1.807, 2.05) is 60.9 Å². The summed E-state index contributed by atoms with van der Waals surface area (Å²) in [6, 6.07) is 15.2. The number of rotatable bonds is 11. The molecule has 0 saturated carbocycles. The number of likely N-dealkylation sites (N-methyl/N-ethyl adjacent to an activating group) is 1. The first-order valence-corrected chi connectivity index (χ1v) is 13.2. The van der Waals surface area contributed by atoms with Crippen molar-refractivity contribution >= 4 is 35.7 Å². The molecule has 2 rings (SSSR count). The second-order valence-corrected chi connectivity index (χ2v) is 10.4. The molecule has 0 aliphatic rings. The molecule has 0 aromatic heterocycles. The predicted octanol–water partition coefficient (Wildman–Crippen LogP) is 4.79. The predicted molar refractivity (Wildman–Crippen MR) is 146 cm³/mol. The summed E-state index contributed by atoms with van der Waals surface area (Å²) in [5, 5.41) is 5.65. The summed E-state index contributed by atoms with van der Waals surface area (Å²) in [5.74, 6) is -0.0489. The molecule has 0 spiro atoms. The average Bonchev–Trinajstić information content (AvgIpc) is 2.84. The van der Waals surface area contributed by atoms with Gasteiger partial charge in [0, 0.05) is 13.6 Å². The Hall–Kier alpha value is -3.26. The monoisotopic (exact) mass is 511 g/mol. The van der Waals surface area contributed by atoms with E-state index in [1.165, 1.54) is 4.90 Å². The molecule has 0 radical (unpaired) electrons. The van der Waals surface area contributed by atoms with Gasteiger partial charge in [-0.3, -0.25) is 9.59 Å². The van der Waals surface area contributed by atoms with E-state index < -0.39 is 23.8 Å². The number of hydrogen-bond donors (Lipinski definition) is 2. The Balaban J connectivity index is 2.32. The van der Waals surface area contributed by atoms with Crippen LogP contribution in [0.15, 0.2) is 61.2 Å². The zero-order valence-corrected chi connectivity index (χ0v) is 22.6. The molecule has 2 aromatic carbocycles. The SMILES string of the molecule is C=Cc1cccc(C(C(=O)NCc2ccccc2)N(C)C(=O)C(CCSC)NC(=O)OC(C)(C)C)c1. The number of nitrogens with zero attached hydrogens (tertiary/aromatic N) is 1. The van der Waals surface area contributed by atoms with Gasteiger partial charge in [-0.15, -0.1) is 0 Å². The van der Waals surface area contributed by atoms with E-state index in [2.05, 4.69) is 17.2 Å². The number of benzene rings is 2. The third-order valence-electron chi connectivity index (χ3n) is 5.35. The Kier molecular flexibility index (Phi) is 11.0. The van der Waals surface area contributed by atoms with Gasteiger partial charge in [-0.05, 0) is 62.0 Å². The number of carbonyl (C=O) groups is 3. The minimum absolute atomic E-state index is 0.322. The highest BCUT2D eigenvalue weighted by Gasteiger charge is 2.34. The summed E-state index contributed by atoms with van der Waals surface area (Å²) in [6.45, 7) is 9.42. The summed E-state index contributed by atoms with van der Waals surface area (Å²) in [5.41, 5.74) is 1.73. The molecule has 0 aliphatic heterocycles. The van der Waals surface area contributed by atoms with Crippen molar-refractivity contribution in [1.82, 2.24) is 15.5 Å². The van der Waals surface area contributed by atoms with Crippen molar-refractivity contribution in [2.75, 3.05) is 19.1 Å². The van der Waals surface area contributed by atoms with Crippen LogP contribution in [0.3, 0.4) is 0 Å². The van der Waals surface area contributed by atoms with E-state index in [0.717, 1.165) is 11.1 Å². The molecular weight excluding hydrogens is 474 g/mol. The largest absolute Gasteiger partial charge is 0.444 e. The molecule has 2 N–H and O–H groups in total. The minimum atomic E-state index is -0.904. The molecule has 0 bridgehead atoms. The van der Waals surface area contributed by atoms with Gasteiger partial charge >= 0.3 is 6.09 Å². The van der Waals surface area contributed by atoms with Crippen LogP contribution >= 0.6 is 11.8 Å². The summed E-state index contributed by atoms with van der Waals surface area (Å²) in [6.07, 6.45) is 3.35. The smallest absolute Gasteiger partial charge is 0.408 e. The first-order chi connectivity index (χ1) is 17.1. The normalized spacial score (nSPS) is 12.7. The first kappa shape index (κ1) is 29.0. The number of alkyl carbamates (subject to hydrolysis) is 1. The zero-order valence-electron chi connectivity index (χ0n) is 21.7. The molecule has 3 amide bonds.